The Balaban J connectivity index is 1.90. The lowest BCUT2D eigenvalue weighted by atomic mass is 9.97. The van der Waals surface area contributed by atoms with Crippen LogP contribution >= 0.6 is 11.6 Å². The van der Waals surface area contributed by atoms with Crippen molar-refractivity contribution in [3.8, 4) is 6.07 Å². The van der Waals surface area contributed by atoms with E-state index < -0.39 is 0 Å². The van der Waals surface area contributed by atoms with Crippen LogP contribution in [0.1, 0.15) is 18.4 Å². The summed E-state index contributed by atoms with van der Waals surface area (Å²) in [4.78, 5) is 6.52. The highest BCUT2D eigenvalue weighted by atomic mass is 35.5. The zero-order chi connectivity index (χ0) is 13.0. The number of nitrogens with one attached hydrogen (secondary N) is 1. The number of nitriles is 1. The molecule has 1 aliphatic rings. The third kappa shape index (κ3) is 3.59. The molecule has 5 heteroatoms. The summed E-state index contributed by atoms with van der Waals surface area (Å²) in [6.45, 7) is 3.20. The highest BCUT2D eigenvalue weighted by molar-refractivity contribution is 6.29. The van der Waals surface area contributed by atoms with Crippen molar-refractivity contribution in [3.05, 3.63) is 22.8 Å². The molecule has 0 unspecified atom stereocenters. The monoisotopic (exact) mass is 264 g/mol. The zero-order valence-electron chi connectivity index (χ0n) is 10.5. The predicted octanol–water partition coefficient (Wildman–Crippen LogP) is 2.36. The summed E-state index contributed by atoms with van der Waals surface area (Å²) in [5.74, 6) is 1.37. The molecule has 0 saturated carbocycles. The van der Waals surface area contributed by atoms with Gasteiger partial charge in [0.2, 0.25) is 0 Å². The topological polar surface area (TPSA) is 52.0 Å². The standard InChI is InChI=1S/C13H17ClN4/c1-18-4-2-10(3-5-18)9-16-13-7-11(8-15)6-12(14)17-13/h6-7,10H,2-5,9H2,1H3,(H,16,17). The smallest absolute Gasteiger partial charge is 0.132 e. The Hall–Kier alpha value is -1.31. The van der Waals surface area contributed by atoms with Gasteiger partial charge in [0.1, 0.15) is 11.0 Å². The van der Waals surface area contributed by atoms with Gasteiger partial charge in [-0.15, -0.1) is 0 Å². The van der Waals surface area contributed by atoms with Crippen molar-refractivity contribution >= 4 is 17.4 Å². The number of anilines is 1. The Labute approximate surface area is 113 Å². The van der Waals surface area contributed by atoms with Crippen LogP contribution in [0.15, 0.2) is 12.1 Å². The van der Waals surface area contributed by atoms with E-state index in [4.69, 9.17) is 16.9 Å². The van der Waals surface area contributed by atoms with E-state index in [0.717, 1.165) is 19.6 Å². The molecule has 4 nitrogen and oxygen atoms in total. The van der Waals surface area contributed by atoms with E-state index >= 15 is 0 Å². The van der Waals surface area contributed by atoms with Gasteiger partial charge in [0, 0.05) is 6.54 Å². The van der Waals surface area contributed by atoms with E-state index in [0.29, 0.717) is 22.5 Å². The molecule has 2 heterocycles. The second-order valence-corrected chi connectivity index (χ2v) is 5.19. The molecule has 1 aromatic rings. The van der Waals surface area contributed by atoms with Crippen LogP contribution in [-0.4, -0.2) is 36.6 Å². The molecule has 1 N–H and O–H groups in total. The van der Waals surface area contributed by atoms with Crippen molar-refractivity contribution in [2.24, 2.45) is 5.92 Å². The van der Waals surface area contributed by atoms with Crippen molar-refractivity contribution in [1.29, 1.82) is 5.26 Å². The van der Waals surface area contributed by atoms with Crippen molar-refractivity contribution in [3.63, 3.8) is 0 Å². The Morgan fingerprint density at radius 3 is 2.89 bits per heavy atom. The highest BCUT2D eigenvalue weighted by Gasteiger charge is 2.16. The lowest BCUT2D eigenvalue weighted by molar-refractivity contribution is 0.226. The molecule has 1 aromatic heterocycles. The van der Waals surface area contributed by atoms with Crippen LogP contribution in [0.25, 0.3) is 0 Å². The molecule has 18 heavy (non-hydrogen) atoms. The van der Waals surface area contributed by atoms with Crippen molar-refractivity contribution in [2.45, 2.75) is 12.8 Å². The summed E-state index contributed by atoms with van der Waals surface area (Å²) in [6.07, 6.45) is 2.41. The van der Waals surface area contributed by atoms with Crippen LogP contribution in [0.5, 0.6) is 0 Å². The van der Waals surface area contributed by atoms with Gasteiger partial charge >= 0.3 is 0 Å². The summed E-state index contributed by atoms with van der Waals surface area (Å²) in [6, 6.07) is 5.39. The van der Waals surface area contributed by atoms with Gasteiger partial charge in [-0.05, 0) is 51.0 Å². The SMILES string of the molecule is CN1CCC(CNc2cc(C#N)cc(Cl)n2)CC1. The maximum absolute atomic E-state index is 8.86. The molecule has 1 saturated heterocycles. The molecular weight excluding hydrogens is 248 g/mol. The maximum atomic E-state index is 8.86. The third-order valence-corrected chi connectivity index (χ3v) is 3.53. The Morgan fingerprint density at radius 2 is 2.22 bits per heavy atom. The largest absolute Gasteiger partial charge is 0.370 e. The number of nitrogens with zero attached hydrogens (tertiary/aromatic N) is 3. The number of piperidine rings is 1. The fraction of sp³-hybridized carbons (Fsp3) is 0.538. The lowest BCUT2D eigenvalue weighted by Crippen LogP contribution is -2.33. The molecule has 0 radical (unpaired) electrons. The summed E-state index contributed by atoms with van der Waals surface area (Å²) >= 11 is 5.86. The highest BCUT2D eigenvalue weighted by Crippen LogP contribution is 2.18. The van der Waals surface area contributed by atoms with E-state index in [2.05, 4.69) is 28.3 Å². The lowest BCUT2D eigenvalue weighted by Gasteiger charge is -2.29. The average Bonchev–Trinajstić information content (AvgIpc) is 2.37. The summed E-state index contributed by atoms with van der Waals surface area (Å²) in [5, 5.41) is 12.5. The van der Waals surface area contributed by atoms with Gasteiger partial charge in [0.05, 0.1) is 11.6 Å². The number of hydrogen-bond donors (Lipinski definition) is 1. The summed E-state index contributed by atoms with van der Waals surface area (Å²) in [7, 11) is 2.15. The van der Waals surface area contributed by atoms with Gasteiger partial charge < -0.3 is 10.2 Å². The maximum Gasteiger partial charge on any atom is 0.132 e. The van der Waals surface area contributed by atoms with E-state index in [1.54, 1.807) is 12.1 Å². The number of pyridine rings is 1. The Bertz CT molecular complexity index is 447. The van der Waals surface area contributed by atoms with Gasteiger partial charge in [-0.2, -0.15) is 5.26 Å². The molecule has 1 fully saturated rings. The van der Waals surface area contributed by atoms with Crippen molar-refractivity contribution in [1.82, 2.24) is 9.88 Å². The van der Waals surface area contributed by atoms with Crippen LogP contribution in [0, 0.1) is 17.2 Å². The van der Waals surface area contributed by atoms with Gasteiger partial charge in [-0.1, -0.05) is 11.6 Å². The van der Waals surface area contributed by atoms with Crippen LogP contribution in [0.4, 0.5) is 5.82 Å². The van der Waals surface area contributed by atoms with E-state index in [-0.39, 0.29) is 0 Å². The first-order chi connectivity index (χ1) is 8.67. The molecule has 96 valence electrons. The number of rotatable bonds is 3. The van der Waals surface area contributed by atoms with Gasteiger partial charge in [0.25, 0.3) is 0 Å². The molecule has 1 aliphatic heterocycles. The predicted molar refractivity (Wildman–Crippen MR) is 72.7 cm³/mol. The minimum Gasteiger partial charge on any atom is -0.370 e. The molecule has 0 bridgehead atoms. The quantitative estimate of drug-likeness (QED) is 0.852. The summed E-state index contributed by atoms with van der Waals surface area (Å²) in [5.41, 5.74) is 0.542. The van der Waals surface area contributed by atoms with Crippen LogP contribution < -0.4 is 5.32 Å². The third-order valence-electron chi connectivity index (χ3n) is 3.33. The van der Waals surface area contributed by atoms with E-state index in [1.807, 2.05) is 0 Å². The number of halogens is 1. The van der Waals surface area contributed by atoms with Crippen LogP contribution in [0.3, 0.4) is 0 Å². The fourth-order valence-electron chi connectivity index (χ4n) is 2.17. The second kappa shape index (κ2) is 6.03. The first-order valence-electron chi connectivity index (χ1n) is 6.17. The van der Waals surface area contributed by atoms with E-state index in [1.165, 1.54) is 12.8 Å². The van der Waals surface area contributed by atoms with E-state index in [9.17, 15) is 0 Å². The molecular formula is C13H17ClN4. The zero-order valence-corrected chi connectivity index (χ0v) is 11.2. The molecule has 2 rings (SSSR count). The molecule has 0 aromatic carbocycles. The minimum absolute atomic E-state index is 0.361. The Morgan fingerprint density at radius 1 is 1.50 bits per heavy atom. The van der Waals surface area contributed by atoms with Crippen LogP contribution in [-0.2, 0) is 0 Å². The van der Waals surface area contributed by atoms with Crippen LogP contribution in [0.2, 0.25) is 5.15 Å². The average molecular weight is 265 g/mol. The summed E-state index contributed by atoms with van der Waals surface area (Å²) < 4.78 is 0. The first-order valence-corrected chi connectivity index (χ1v) is 6.55. The first kappa shape index (κ1) is 13.1. The van der Waals surface area contributed by atoms with Gasteiger partial charge in [0.15, 0.2) is 0 Å². The van der Waals surface area contributed by atoms with Crippen molar-refractivity contribution in [2.75, 3.05) is 32.0 Å². The molecule has 0 aliphatic carbocycles. The minimum atomic E-state index is 0.361. The molecule has 0 amide bonds. The fourth-order valence-corrected chi connectivity index (χ4v) is 2.38. The molecule has 0 spiro atoms. The number of aromatic nitrogens is 1. The number of hydrogen-bond acceptors (Lipinski definition) is 4. The van der Waals surface area contributed by atoms with Gasteiger partial charge in [-0.3, -0.25) is 0 Å². The Kier molecular flexibility index (Phi) is 4.40. The van der Waals surface area contributed by atoms with Gasteiger partial charge in [-0.25, -0.2) is 4.98 Å². The second-order valence-electron chi connectivity index (χ2n) is 4.80. The molecule has 0 atom stereocenters. The van der Waals surface area contributed by atoms with Crippen molar-refractivity contribution < 1.29 is 0 Å². The normalized spacial score (nSPS) is 17.4. The number of likely N-dealkylation sites (tertiary alicyclic amines) is 1.